The number of esters is 1. The van der Waals surface area contributed by atoms with Crippen molar-refractivity contribution in [3.05, 3.63) is 36.8 Å². The molecule has 0 saturated carbocycles. The van der Waals surface area contributed by atoms with Crippen molar-refractivity contribution in [3.8, 4) is 0 Å². The van der Waals surface area contributed by atoms with E-state index in [9.17, 15) is 4.79 Å². The molecule has 0 aromatic carbocycles. The fraction of sp³-hybridized carbons (Fsp3) is 0.364. The number of nitrogens with two attached hydrogens (primary N) is 1. The topological polar surface area (TPSA) is 52.3 Å². The number of allylic oxidation sites excluding steroid dienone is 3. The van der Waals surface area contributed by atoms with Gasteiger partial charge in [-0.1, -0.05) is 32.6 Å². The van der Waals surface area contributed by atoms with Crippen molar-refractivity contribution in [3.63, 3.8) is 0 Å². The molecule has 0 aliphatic heterocycles. The van der Waals surface area contributed by atoms with Crippen molar-refractivity contribution in [1.82, 2.24) is 0 Å². The van der Waals surface area contributed by atoms with Gasteiger partial charge in [0.15, 0.2) is 0 Å². The van der Waals surface area contributed by atoms with E-state index in [1.54, 1.807) is 18.2 Å². The summed E-state index contributed by atoms with van der Waals surface area (Å²) in [7, 11) is 0. The largest absolute Gasteiger partial charge is 0.435 e. The lowest BCUT2D eigenvalue weighted by Gasteiger charge is -2.32. The van der Waals surface area contributed by atoms with E-state index in [4.69, 9.17) is 10.5 Å². The van der Waals surface area contributed by atoms with Crippen molar-refractivity contribution >= 4 is 5.97 Å². The van der Waals surface area contributed by atoms with Gasteiger partial charge in [-0.05, 0) is 6.08 Å². The standard InChI is InChI=1S/C11H15NO2/c1-4-14-10(13)8-6-5-7-9(12)11(8,2)3/h4-8H,1,12H2,2-3H3. The van der Waals surface area contributed by atoms with Crippen molar-refractivity contribution in [2.45, 2.75) is 13.8 Å². The number of hydrogen-bond acceptors (Lipinski definition) is 3. The summed E-state index contributed by atoms with van der Waals surface area (Å²) in [6, 6.07) is 0. The summed E-state index contributed by atoms with van der Waals surface area (Å²) in [6.45, 7) is 7.18. The Bertz CT molecular complexity index is 313. The summed E-state index contributed by atoms with van der Waals surface area (Å²) in [4.78, 5) is 11.5. The Morgan fingerprint density at radius 1 is 1.71 bits per heavy atom. The molecule has 0 aromatic rings. The number of hydrogen-bond donors (Lipinski definition) is 1. The molecule has 3 heteroatoms. The Hall–Kier alpha value is -1.51. The first kappa shape index (κ1) is 10.6. The predicted molar refractivity (Wildman–Crippen MR) is 55.0 cm³/mol. The van der Waals surface area contributed by atoms with Crippen LogP contribution >= 0.6 is 0 Å². The van der Waals surface area contributed by atoms with E-state index in [0.29, 0.717) is 5.70 Å². The maximum Gasteiger partial charge on any atom is 0.318 e. The molecule has 1 aliphatic rings. The monoisotopic (exact) mass is 193 g/mol. The lowest BCUT2D eigenvalue weighted by atomic mass is 9.73. The molecule has 0 radical (unpaired) electrons. The van der Waals surface area contributed by atoms with Crippen LogP contribution in [0.3, 0.4) is 0 Å². The zero-order chi connectivity index (χ0) is 10.8. The summed E-state index contributed by atoms with van der Waals surface area (Å²) >= 11 is 0. The van der Waals surface area contributed by atoms with Crippen molar-refractivity contribution < 1.29 is 9.53 Å². The molecule has 1 rings (SSSR count). The Balaban J connectivity index is 2.91. The molecular weight excluding hydrogens is 178 g/mol. The van der Waals surface area contributed by atoms with E-state index in [0.717, 1.165) is 6.26 Å². The molecule has 1 aliphatic carbocycles. The maximum atomic E-state index is 11.5. The van der Waals surface area contributed by atoms with E-state index >= 15 is 0 Å². The summed E-state index contributed by atoms with van der Waals surface area (Å²) < 4.78 is 4.76. The van der Waals surface area contributed by atoms with Crippen LogP contribution in [0.1, 0.15) is 13.8 Å². The first-order valence-electron chi connectivity index (χ1n) is 4.46. The van der Waals surface area contributed by atoms with E-state index in [1.807, 2.05) is 13.8 Å². The second kappa shape index (κ2) is 3.70. The van der Waals surface area contributed by atoms with Gasteiger partial charge in [0.1, 0.15) is 0 Å². The number of rotatable bonds is 2. The van der Waals surface area contributed by atoms with Crippen LogP contribution < -0.4 is 5.73 Å². The van der Waals surface area contributed by atoms with E-state index < -0.39 is 5.41 Å². The molecule has 0 amide bonds. The summed E-state index contributed by atoms with van der Waals surface area (Å²) in [6.07, 6.45) is 6.51. The quantitative estimate of drug-likeness (QED) is 0.536. The van der Waals surface area contributed by atoms with Crippen LogP contribution in [-0.2, 0) is 9.53 Å². The third-order valence-corrected chi connectivity index (χ3v) is 2.55. The summed E-state index contributed by atoms with van der Waals surface area (Å²) in [5, 5.41) is 0. The van der Waals surface area contributed by atoms with E-state index in [-0.39, 0.29) is 11.9 Å². The maximum absolute atomic E-state index is 11.5. The van der Waals surface area contributed by atoms with Gasteiger partial charge in [0.2, 0.25) is 0 Å². The minimum Gasteiger partial charge on any atom is -0.435 e. The van der Waals surface area contributed by atoms with E-state index in [1.165, 1.54) is 0 Å². The van der Waals surface area contributed by atoms with Gasteiger partial charge in [0, 0.05) is 11.1 Å². The molecule has 0 bridgehead atoms. The van der Waals surface area contributed by atoms with Gasteiger partial charge in [-0.15, -0.1) is 0 Å². The van der Waals surface area contributed by atoms with Gasteiger partial charge in [0.25, 0.3) is 0 Å². The normalized spacial score (nSPS) is 23.9. The second-order valence-electron chi connectivity index (χ2n) is 3.81. The molecular formula is C11H15NO2. The van der Waals surface area contributed by atoms with Gasteiger partial charge in [-0.2, -0.15) is 0 Å². The summed E-state index contributed by atoms with van der Waals surface area (Å²) in [5.74, 6) is -0.664. The molecule has 0 fully saturated rings. The fourth-order valence-corrected chi connectivity index (χ4v) is 1.43. The molecule has 0 spiro atoms. The van der Waals surface area contributed by atoms with Gasteiger partial charge < -0.3 is 10.5 Å². The third-order valence-electron chi connectivity index (χ3n) is 2.55. The minimum absolute atomic E-state index is 0.322. The Kier molecular flexibility index (Phi) is 2.79. The van der Waals surface area contributed by atoms with Crippen LogP contribution in [0.2, 0.25) is 0 Å². The highest BCUT2D eigenvalue weighted by molar-refractivity contribution is 5.77. The third kappa shape index (κ3) is 1.71. The SMILES string of the molecule is C=COC(=O)C1C=CC=C(N)C1(C)C. The molecule has 0 heterocycles. The molecule has 0 aromatic heterocycles. The second-order valence-corrected chi connectivity index (χ2v) is 3.81. The Labute approximate surface area is 83.9 Å². The van der Waals surface area contributed by atoms with Crippen LogP contribution in [-0.4, -0.2) is 5.97 Å². The molecule has 1 atom stereocenters. The van der Waals surface area contributed by atoms with Gasteiger partial charge in [-0.3, -0.25) is 4.79 Å². The number of carbonyl (C=O) groups excluding carboxylic acids is 1. The number of ether oxygens (including phenoxy) is 1. The molecule has 76 valence electrons. The van der Waals surface area contributed by atoms with Crippen LogP contribution in [0.5, 0.6) is 0 Å². The van der Waals surface area contributed by atoms with Crippen molar-refractivity contribution in [1.29, 1.82) is 0 Å². The van der Waals surface area contributed by atoms with Gasteiger partial charge >= 0.3 is 5.97 Å². The highest BCUT2D eigenvalue weighted by Crippen LogP contribution is 2.36. The highest BCUT2D eigenvalue weighted by Gasteiger charge is 2.37. The first-order chi connectivity index (χ1) is 6.50. The minimum atomic E-state index is -0.394. The van der Waals surface area contributed by atoms with Crippen LogP contribution in [0.4, 0.5) is 0 Å². The molecule has 3 nitrogen and oxygen atoms in total. The highest BCUT2D eigenvalue weighted by atomic mass is 16.5. The zero-order valence-electron chi connectivity index (χ0n) is 8.49. The van der Waals surface area contributed by atoms with E-state index in [2.05, 4.69) is 6.58 Å². The van der Waals surface area contributed by atoms with Gasteiger partial charge in [-0.25, -0.2) is 0 Å². The first-order valence-corrected chi connectivity index (χ1v) is 4.46. The average molecular weight is 193 g/mol. The number of carbonyl (C=O) groups is 1. The molecule has 1 unspecified atom stereocenters. The lowest BCUT2D eigenvalue weighted by Crippen LogP contribution is -2.36. The Morgan fingerprint density at radius 2 is 2.36 bits per heavy atom. The fourth-order valence-electron chi connectivity index (χ4n) is 1.43. The van der Waals surface area contributed by atoms with Gasteiger partial charge in [0.05, 0.1) is 12.2 Å². The van der Waals surface area contributed by atoms with Crippen molar-refractivity contribution in [2.75, 3.05) is 0 Å². The molecule has 14 heavy (non-hydrogen) atoms. The average Bonchev–Trinajstić information content (AvgIpc) is 2.10. The van der Waals surface area contributed by atoms with Crippen molar-refractivity contribution in [2.24, 2.45) is 17.1 Å². The van der Waals surface area contributed by atoms with Crippen LogP contribution in [0.25, 0.3) is 0 Å². The smallest absolute Gasteiger partial charge is 0.318 e. The predicted octanol–water partition coefficient (Wildman–Crippen LogP) is 1.73. The lowest BCUT2D eigenvalue weighted by molar-refractivity contribution is -0.143. The Morgan fingerprint density at radius 3 is 2.93 bits per heavy atom. The van der Waals surface area contributed by atoms with Crippen LogP contribution in [0.15, 0.2) is 36.8 Å². The summed E-state index contributed by atoms with van der Waals surface area (Å²) in [5.41, 5.74) is 6.11. The molecule has 0 saturated heterocycles. The van der Waals surface area contributed by atoms with Crippen LogP contribution in [0, 0.1) is 11.3 Å². The molecule has 2 N–H and O–H groups in total. The zero-order valence-corrected chi connectivity index (χ0v) is 8.49.